The molecule has 0 N–H and O–H groups in total. The molecular weight excluding hydrogens is 352 g/mol. The van der Waals surface area contributed by atoms with Crippen LogP contribution in [0.4, 0.5) is 17.1 Å². The van der Waals surface area contributed by atoms with Gasteiger partial charge in [0.15, 0.2) is 0 Å². The van der Waals surface area contributed by atoms with Gasteiger partial charge in [0.05, 0.1) is 17.4 Å². The Morgan fingerprint density at radius 2 is 1.96 bits per heavy atom. The molecule has 2 aliphatic heterocycles. The predicted molar refractivity (Wildman–Crippen MR) is 97.9 cm³/mol. The third-order valence-electron chi connectivity index (χ3n) is 4.87. The lowest BCUT2D eigenvalue weighted by Crippen LogP contribution is -2.33. The molecule has 0 aliphatic carbocycles. The van der Waals surface area contributed by atoms with Crippen LogP contribution < -0.4 is 9.80 Å². The van der Waals surface area contributed by atoms with Gasteiger partial charge in [0.1, 0.15) is 0 Å². The maximum absolute atomic E-state index is 12.8. The number of carbonyl (C=O) groups excluding carboxylic acids is 1. The van der Waals surface area contributed by atoms with Gasteiger partial charge in [-0.05, 0) is 36.6 Å². The Morgan fingerprint density at radius 1 is 1.17 bits per heavy atom. The average molecular weight is 371 g/mol. The normalized spacial score (nSPS) is 18.4. The van der Waals surface area contributed by atoms with Crippen LogP contribution in [-0.4, -0.2) is 17.8 Å². The van der Waals surface area contributed by atoms with Crippen LogP contribution in [0.5, 0.6) is 0 Å². The van der Waals surface area contributed by atoms with Gasteiger partial charge >= 0.3 is 0 Å². The van der Waals surface area contributed by atoms with E-state index >= 15 is 0 Å². The van der Waals surface area contributed by atoms with Crippen LogP contribution >= 0.6 is 15.9 Å². The minimum atomic E-state index is 0.0424. The summed E-state index contributed by atoms with van der Waals surface area (Å²) in [5.74, 6) is 0.167. The van der Waals surface area contributed by atoms with Gasteiger partial charge in [0.2, 0.25) is 5.91 Å². The summed E-state index contributed by atoms with van der Waals surface area (Å²) < 4.78 is 0. The van der Waals surface area contributed by atoms with Gasteiger partial charge in [-0.25, -0.2) is 0 Å². The monoisotopic (exact) mass is 370 g/mol. The van der Waals surface area contributed by atoms with Crippen molar-refractivity contribution >= 4 is 38.9 Å². The molecule has 1 unspecified atom stereocenters. The van der Waals surface area contributed by atoms with Crippen LogP contribution in [0.1, 0.15) is 30.5 Å². The SMILES string of the molecule is CC1c2cccc3c2N(CC3)c2ccccc2N1C(=O)CCBr. The van der Waals surface area contributed by atoms with Crippen molar-refractivity contribution in [1.82, 2.24) is 0 Å². The number of anilines is 3. The van der Waals surface area contributed by atoms with Crippen LogP contribution in [0.2, 0.25) is 0 Å². The fourth-order valence-electron chi connectivity index (χ4n) is 3.86. The zero-order valence-electron chi connectivity index (χ0n) is 13.1. The largest absolute Gasteiger partial charge is 0.339 e. The molecule has 0 radical (unpaired) electrons. The van der Waals surface area contributed by atoms with E-state index in [1.807, 2.05) is 11.0 Å². The van der Waals surface area contributed by atoms with E-state index in [0.717, 1.165) is 24.3 Å². The topological polar surface area (TPSA) is 23.6 Å². The van der Waals surface area contributed by atoms with Crippen LogP contribution in [0, 0.1) is 0 Å². The fourth-order valence-corrected chi connectivity index (χ4v) is 4.20. The second-order valence-electron chi connectivity index (χ2n) is 6.12. The second-order valence-corrected chi connectivity index (χ2v) is 6.92. The molecule has 23 heavy (non-hydrogen) atoms. The fraction of sp³-hybridized carbons (Fsp3) is 0.316. The first-order valence-corrected chi connectivity index (χ1v) is 9.21. The highest BCUT2D eigenvalue weighted by Gasteiger charge is 2.35. The highest BCUT2D eigenvalue weighted by Crippen LogP contribution is 2.49. The van der Waals surface area contributed by atoms with Crippen LogP contribution in [0.15, 0.2) is 42.5 Å². The number of alkyl halides is 1. The Balaban J connectivity index is 1.96. The van der Waals surface area contributed by atoms with E-state index in [0.29, 0.717) is 11.8 Å². The molecule has 0 aromatic heterocycles. The minimum Gasteiger partial charge on any atom is -0.339 e. The Morgan fingerprint density at radius 3 is 2.74 bits per heavy atom. The molecule has 2 aromatic rings. The van der Waals surface area contributed by atoms with Crippen molar-refractivity contribution in [1.29, 1.82) is 0 Å². The average Bonchev–Trinajstić information content (AvgIpc) is 2.95. The van der Waals surface area contributed by atoms with Crippen LogP contribution in [0.3, 0.4) is 0 Å². The third kappa shape index (κ3) is 2.19. The molecule has 0 spiro atoms. The lowest BCUT2D eigenvalue weighted by atomic mass is 10.0. The Bertz CT molecular complexity index is 774. The summed E-state index contributed by atoms with van der Waals surface area (Å²) >= 11 is 3.40. The molecule has 118 valence electrons. The third-order valence-corrected chi connectivity index (χ3v) is 5.27. The van der Waals surface area contributed by atoms with E-state index in [-0.39, 0.29) is 11.9 Å². The van der Waals surface area contributed by atoms with Gasteiger partial charge in [0.25, 0.3) is 0 Å². The Hall–Kier alpha value is -1.81. The standard InChI is InChI=1S/C19H19BrN2O/c1-13-15-6-4-5-14-10-12-21(19(14)15)16-7-2-3-8-17(16)22(13)18(23)9-11-20/h2-8,13H,9-12H2,1H3. The van der Waals surface area contributed by atoms with E-state index in [1.165, 1.54) is 16.8 Å². The highest BCUT2D eigenvalue weighted by molar-refractivity contribution is 9.09. The van der Waals surface area contributed by atoms with Crippen molar-refractivity contribution in [3.63, 3.8) is 0 Å². The molecule has 2 heterocycles. The highest BCUT2D eigenvalue weighted by atomic mass is 79.9. The van der Waals surface area contributed by atoms with Crippen molar-refractivity contribution in [2.75, 3.05) is 21.7 Å². The Labute approximate surface area is 145 Å². The Kier molecular flexibility index (Phi) is 3.64. The number of benzene rings is 2. The molecule has 1 atom stereocenters. The van der Waals surface area contributed by atoms with Crippen molar-refractivity contribution in [2.24, 2.45) is 0 Å². The molecule has 4 heteroatoms. The van der Waals surface area contributed by atoms with E-state index in [1.54, 1.807) is 0 Å². The number of para-hydroxylation sites is 3. The van der Waals surface area contributed by atoms with Gasteiger partial charge in [-0.3, -0.25) is 4.79 Å². The number of halogens is 1. The lowest BCUT2D eigenvalue weighted by Gasteiger charge is -2.29. The summed E-state index contributed by atoms with van der Waals surface area (Å²) in [7, 11) is 0. The van der Waals surface area contributed by atoms with Crippen molar-refractivity contribution in [2.45, 2.75) is 25.8 Å². The first kappa shape index (κ1) is 14.8. The number of nitrogens with zero attached hydrogens (tertiary/aromatic N) is 2. The molecular formula is C19H19BrN2O. The van der Waals surface area contributed by atoms with Crippen LogP contribution in [0.25, 0.3) is 0 Å². The number of rotatable bonds is 2. The molecule has 0 saturated heterocycles. The van der Waals surface area contributed by atoms with Crippen LogP contribution in [-0.2, 0) is 11.2 Å². The van der Waals surface area contributed by atoms with Gasteiger partial charge in [0, 0.05) is 24.0 Å². The first-order chi connectivity index (χ1) is 11.2. The smallest absolute Gasteiger partial charge is 0.228 e. The number of fused-ring (bicyclic) bond motifs is 2. The zero-order chi connectivity index (χ0) is 16.0. The van der Waals surface area contributed by atoms with E-state index in [2.05, 4.69) is 64.2 Å². The van der Waals surface area contributed by atoms with Gasteiger partial charge in [-0.2, -0.15) is 0 Å². The lowest BCUT2D eigenvalue weighted by molar-refractivity contribution is -0.118. The van der Waals surface area contributed by atoms with Crippen molar-refractivity contribution in [3.05, 3.63) is 53.6 Å². The van der Waals surface area contributed by atoms with E-state index < -0.39 is 0 Å². The number of hydrogen-bond acceptors (Lipinski definition) is 2. The maximum atomic E-state index is 12.8. The summed E-state index contributed by atoms with van der Waals surface area (Å²) in [6.07, 6.45) is 1.58. The molecule has 0 saturated carbocycles. The molecule has 3 nitrogen and oxygen atoms in total. The number of hydrogen-bond donors (Lipinski definition) is 0. The summed E-state index contributed by atoms with van der Waals surface area (Å²) in [4.78, 5) is 17.2. The summed E-state index contributed by atoms with van der Waals surface area (Å²) in [6.45, 7) is 3.12. The molecule has 0 fully saturated rings. The van der Waals surface area contributed by atoms with Crippen molar-refractivity contribution in [3.8, 4) is 0 Å². The number of carbonyl (C=O) groups is 1. The zero-order valence-corrected chi connectivity index (χ0v) is 14.7. The number of amides is 1. The van der Waals surface area contributed by atoms with Gasteiger partial charge < -0.3 is 9.80 Å². The summed E-state index contributed by atoms with van der Waals surface area (Å²) in [6, 6.07) is 14.8. The van der Waals surface area contributed by atoms with Gasteiger partial charge in [-0.1, -0.05) is 46.3 Å². The van der Waals surface area contributed by atoms with E-state index in [9.17, 15) is 4.79 Å². The molecule has 4 rings (SSSR count). The van der Waals surface area contributed by atoms with E-state index in [4.69, 9.17) is 0 Å². The predicted octanol–water partition coefficient (Wildman–Crippen LogP) is 4.57. The quantitative estimate of drug-likeness (QED) is 0.722. The molecule has 0 bridgehead atoms. The molecule has 2 aromatic carbocycles. The molecule has 1 amide bonds. The summed E-state index contributed by atoms with van der Waals surface area (Å²) in [5.41, 5.74) is 6.11. The van der Waals surface area contributed by atoms with Gasteiger partial charge in [-0.15, -0.1) is 0 Å². The first-order valence-electron chi connectivity index (χ1n) is 8.08. The minimum absolute atomic E-state index is 0.0424. The van der Waals surface area contributed by atoms with Crippen molar-refractivity contribution < 1.29 is 4.79 Å². The molecule has 2 aliphatic rings. The maximum Gasteiger partial charge on any atom is 0.228 e. The second kappa shape index (κ2) is 5.68. The summed E-state index contributed by atoms with van der Waals surface area (Å²) in [5, 5.41) is 0.688.